The molecule has 94 valence electrons. The first kappa shape index (κ1) is 13.5. The fourth-order valence-electron chi connectivity index (χ4n) is 1.41. The Kier molecular flexibility index (Phi) is 4.97. The van der Waals surface area contributed by atoms with Crippen LogP contribution in [0.1, 0.15) is 29.8 Å². The van der Waals surface area contributed by atoms with Crippen molar-refractivity contribution in [2.24, 2.45) is 0 Å². The molecule has 0 saturated heterocycles. The summed E-state index contributed by atoms with van der Waals surface area (Å²) in [5, 5.41) is 8.87. The summed E-state index contributed by atoms with van der Waals surface area (Å²) < 4.78 is 10.8. The van der Waals surface area contributed by atoms with Crippen molar-refractivity contribution in [2.45, 2.75) is 26.9 Å². The molecular weight excluding hydrogens is 220 g/mol. The highest BCUT2D eigenvalue weighted by Gasteiger charge is 2.07. The van der Waals surface area contributed by atoms with E-state index in [1.54, 1.807) is 25.1 Å². The molecule has 1 aromatic rings. The maximum atomic E-state index is 10.8. The number of aryl methyl sites for hydroxylation is 1. The van der Waals surface area contributed by atoms with Gasteiger partial charge in [0.25, 0.3) is 0 Å². The van der Waals surface area contributed by atoms with Crippen LogP contribution in [0.5, 0.6) is 5.75 Å². The van der Waals surface area contributed by atoms with Crippen molar-refractivity contribution in [3.8, 4) is 5.75 Å². The molecule has 0 heterocycles. The van der Waals surface area contributed by atoms with Gasteiger partial charge in [0.05, 0.1) is 18.3 Å². The number of hydrogen-bond acceptors (Lipinski definition) is 3. The molecule has 0 unspecified atom stereocenters. The summed E-state index contributed by atoms with van der Waals surface area (Å²) in [6.45, 7) is 6.67. The van der Waals surface area contributed by atoms with E-state index in [1.165, 1.54) is 0 Å². The van der Waals surface area contributed by atoms with Crippen molar-refractivity contribution in [1.29, 1.82) is 0 Å². The van der Waals surface area contributed by atoms with Gasteiger partial charge in [-0.15, -0.1) is 0 Å². The van der Waals surface area contributed by atoms with E-state index in [-0.39, 0.29) is 6.10 Å². The van der Waals surface area contributed by atoms with Gasteiger partial charge >= 0.3 is 5.97 Å². The summed E-state index contributed by atoms with van der Waals surface area (Å²) >= 11 is 0. The van der Waals surface area contributed by atoms with Crippen molar-refractivity contribution in [3.05, 3.63) is 29.3 Å². The van der Waals surface area contributed by atoms with Crippen molar-refractivity contribution in [2.75, 3.05) is 13.2 Å². The molecule has 0 bridgehead atoms. The Labute approximate surface area is 101 Å². The Bertz CT molecular complexity index is 385. The lowest BCUT2D eigenvalue weighted by atomic mass is 10.1. The predicted octanol–water partition coefficient (Wildman–Crippen LogP) is 2.50. The zero-order valence-corrected chi connectivity index (χ0v) is 10.4. The van der Waals surface area contributed by atoms with Gasteiger partial charge < -0.3 is 14.6 Å². The first-order valence-electron chi connectivity index (χ1n) is 5.59. The first-order valence-corrected chi connectivity index (χ1v) is 5.59. The highest BCUT2D eigenvalue weighted by molar-refractivity contribution is 5.89. The Balaban J connectivity index is 2.50. The van der Waals surface area contributed by atoms with Crippen LogP contribution in [0.25, 0.3) is 0 Å². The third kappa shape index (κ3) is 4.44. The maximum absolute atomic E-state index is 10.8. The van der Waals surface area contributed by atoms with E-state index < -0.39 is 5.97 Å². The van der Waals surface area contributed by atoms with Gasteiger partial charge in [-0.1, -0.05) is 0 Å². The van der Waals surface area contributed by atoms with Crippen LogP contribution < -0.4 is 4.74 Å². The van der Waals surface area contributed by atoms with E-state index in [4.69, 9.17) is 14.6 Å². The molecule has 0 aliphatic carbocycles. The molecule has 0 radical (unpaired) electrons. The Morgan fingerprint density at radius 1 is 1.35 bits per heavy atom. The van der Waals surface area contributed by atoms with Crippen molar-refractivity contribution in [1.82, 2.24) is 0 Å². The second-order valence-corrected chi connectivity index (χ2v) is 4.05. The fraction of sp³-hybridized carbons (Fsp3) is 0.462. The molecule has 1 aromatic carbocycles. The Morgan fingerprint density at radius 3 is 2.59 bits per heavy atom. The van der Waals surface area contributed by atoms with Crippen LogP contribution in [0.4, 0.5) is 0 Å². The number of benzene rings is 1. The topological polar surface area (TPSA) is 55.8 Å². The number of aromatic carboxylic acids is 1. The van der Waals surface area contributed by atoms with E-state index in [0.29, 0.717) is 30.1 Å². The van der Waals surface area contributed by atoms with Crippen LogP contribution in [0.3, 0.4) is 0 Å². The van der Waals surface area contributed by atoms with Crippen molar-refractivity contribution in [3.63, 3.8) is 0 Å². The van der Waals surface area contributed by atoms with Crippen LogP contribution in [-0.2, 0) is 4.74 Å². The number of carboxylic acid groups (broad SMARTS) is 1. The molecule has 0 saturated carbocycles. The van der Waals surface area contributed by atoms with Gasteiger partial charge in [-0.2, -0.15) is 0 Å². The second kappa shape index (κ2) is 6.25. The van der Waals surface area contributed by atoms with Crippen LogP contribution in [0.15, 0.2) is 18.2 Å². The van der Waals surface area contributed by atoms with Gasteiger partial charge in [-0.05, 0) is 44.5 Å². The van der Waals surface area contributed by atoms with Gasteiger partial charge in [0.2, 0.25) is 0 Å². The van der Waals surface area contributed by atoms with E-state index in [2.05, 4.69) is 0 Å². The smallest absolute Gasteiger partial charge is 0.335 e. The number of carboxylic acids is 1. The van der Waals surface area contributed by atoms with Gasteiger partial charge in [-0.25, -0.2) is 4.79 Å². The van der Waals surface area contributed by atoms with E-state index >= 15 is 0 Å². The van der Waals surface area contributed by atoms with Crippen LogP contribution in [0.2, 0.25) is 0 Å². The third-order valence-electron chi connectivity index (χ3n) is 2.23. The number of hydrogen-bond donors (Lipinski definition) is 1. The molecule has 0 aliphatic heterocycles. The zero-order valence-electron chi connectivity index (χ0n) is 10.4. The summed E-state index contributed by atoms with van der Waals surface area (Å²) in [6, 6.07) is 4.93. The average Bonchev–Trinajstić information content (AvgIpc) is 2.23. The van der Waals surface area contributed by atoms with Gasteiger partial charge in [0, 0.05) is 0 Å². The SMILES string of the molecule is Cc1cc(OCCOC(C)C)ccc1C(=O)O. The van der Waals surface area contributed by atoms with Crippen molar-refractivity contribution < 1.29 is 19.4 Å². The monoisotopic (exact) mass is 238 g/mol. The van der Waals surface area contributed by atoms with Crippen LogP contribution in [0, 0.1) is 6.92 Å². The summed E-state index contributed by atoms with van der Waals surface area (Å²) in [4.78, 5) is 10.8. The minimum absolute atomic E-state index is 0.190. The molecule has 4 nitrogen and oxygen atoms in total. The summed E-state index contributed by atoms with van der Waals surface area (Å²) in [6.07, 6.45) is 0.190. The standard InChI is InChI=1S/C13H18O4/c1-9(2)16-6-7-17-11-4-5-12(13(14)15)10(3)8-11/h4-5,8-9H,6-7H2,1-3H3,(H,14,15). The normalized spacial score (nSPS) is 10.6. The minimum atomic E-state index is -0.919. The van der Waals surface area contributed by atoms with E-state index in [9.17, 15) is 4.79 Å². The molecule has 0 atom stereocenters. The summed E-state index contributed by atoms with van der Waals surface area (Å²) in [7, 11) is 0. The molecule has 1 N–H and O–H groups in total. The minimum Gasteiger partial charge on any atom is -0.491 e. The maximum Gasteiger partial charge on any atom is 0.335 e. The number of ether oxygens (including phenoxy) is 2. The molecule has 4 heteroatoms. The van der Waals surface area contributed by atoms with E-state index in [0.717, 1.165) is 0 Å². The zero-order chi connectivity index (χ0) is 12.8. The Hall–Kier alpha value is -1.55. The lowest BCUT2D eigenvalue weighted by Gasteiger charge is -2.10. The third-order valence-corrected chi connectivity index (χ3v) is 2.23. The first-order chi connectivity index (χ1) is 8.00. The summed E-state index contributed by atoms with van der Waals surface area (Å²) in [5.74, 6) is -0.253. The highest BCUT2D eigenvalue weighted by Crippen LogP contribution is 2.17. The van der Waals surface area contributed by atoms with E-state index in [1.807, 2.05) is 13.8 Å². The molecule has 0 spiro atoms. The number of carbonyl (C=O) groups is 1. The Morgan fingerprint density at radius 2 is 2.06 bits per heavy atom. The average molecular weight is 238 g/mol. The predicted molar refractivity (Wildman–Crippen MR) is 64.7 cm³/mol. The lowest BCUT2D eigenvalue weighted by Crippen LogP contribution is -2.11. The summed E-state index contributed by atoms with van der Waals surface area (Å²) in [5.41, 5.74) is 0.996. The quantitative estimate of drug-likeness (QED) is 0.774. The second-order valence-electron chi connectivity index (χ2n) is 4.05. The lowest BCUT2D eigenvalue weighted by molar-refractivity contribution is 0.0552. The largest absolute Gasteiger partial charge is 0.491 e. The van der Waals surface area contributed by atoms with Gasteiger partial charge in [-0.3, -0.25) is 0 Å². The molecule has 0 fully saturated rings. The molecule has 0 amide bonds. The molecular formula is C13H18O4. The molecule has 1 rings (SSSR count). The van der Waals surface area contributed by atoms with Gasteiger partial charge in [0.15, 0.2) is 0 Å². The van der Waals surface area contributed by atoms with Crippen molar-refractivity contribution >= 4 is 5.97 Å². The molecule has 0 aromatic heterocycles. The highest BCUT2D eigenvalue weighted by atomic mass is 16.5. The van der Waals surface area contributed by atoms with Gasteiger partial charge in [0.1, 0.15) is 12.4 Å². The number of rotatable bonds is 6. The molecule has 0 aliphatic rings. The van der Waals surface area contributed by atoms with Crippen LogP contribution >= 0.6 is 0 Å². The fourth-order valence-corrected chi connectivity index (χ4v) is 1.41. The van der Waals surface area contributed by atoms with Crippen LogP contribution in [-0.4, -0.2) is 30.4 Å². The molecule has 17 heavy (non-hydrogen) atoms.